The Kier molecular flexibility index (Phi) is 2.51. The molecule has 1 saturated heterocycles. The van der Waals surface area contributed by atoms with Crippen molar-refractivity contribution >= 4 is 23.2 Å². The molecule has 3 nitrogen and oxygen atoms in total. The van der Waals surface area contributed by atoms with E-state index in [1.54, 1.807) is 0 Å². The molecule has 0 bridgehead atoms. The van der Waals surface area contributed by atoms with Gasteiger partial charge in [-0.25, -0.2) is 0 Å². The van der Waals surface area contributed by atoms with Gasteiger partial charge in [-0.3, -0.25) is 4.79 Å². The number of carbonyl (C=O) groups excluding carboxylic acids is 1. The zero-order chi connectivity index (χ0) is 12.0. The normalized spacial score (nSPS) is 26.5. The molecule has 0 saturated carbocycles. The molecule has 2 aliphatic heterocycles. The molecule has 1 aromatic carbocycles. The molecule has 90 valence electrons. The number of piperazine rings is 1. The predicted molar refractivity (Wildman–Crippen MR) is 68.5 cm³/mol. The first-order valence-corrected chi connectivity index (χ1v) is 6.43. The fraction of sp³-hybridized carbons (Fsp3) is 0.462. The van der Waals surface area contributed by atoms with E-state index in [0.717, 1.165) is 30.1 Å². The van der Waals surface area contributed by atoms with Crippen LogP contribution < -0.4 is 10.2 Å². The molecule has 2 aliphatic rings. The van der Waals surface area contributed by atoms with Gasteiger partial charge in [-0.15, -0.1) is 0 Å². The number of hydrogen-bond acceptors (Lipinski definition) is 2. The van der Waals surface area contributed by atoms with E-state index >= 15 is 0 Å². The van der Waals surface area contributed by atoms with Crippen molar-refractivity contribution in [2.45, 2.75) is 31.8 Å². The molecule has 0 spiro atoms. The summed E-state index contributed by atoms with van der Waals surface area (Å²) in [7, 11) is 0. The third kappa shape index (κ3) is 1.61. The summed E-state index contributed by atoms with van der Waals surface area (Å²) in [6, 6.07) is 6.27. The molecule has 3 rings (SSSR count). The van der Waals surface area contributed by atoms with Gasteiger partial charge in [0.2, 0.25) is 5.91 Å². The summed E-state index contributed by atoms with van der Waals surface area (Å²) in [5, 5.41) is 3.73. The summed E-state index contributed by atoms with van der Waals surface area (Å²) >= 11 is 6.05. The van der Waals surface area contributed by atoms with Crippen molar-refractivity contribution in [1.29, 1.82) is 0 Å². The molecular formula is C13H15ClN2O. The van der Waals surface area contributed by atoms with Crippen LogP contribution in [0.25, 0.3) is 0 Å². The zero-order valence-electron chi connectivity index (χ0n) is 9.74. The van der Waals surface area contributed by atoms with Gasteiger partial charge >= 0.3 is 0 Å². The summed E-state index contributed by atoms with van der Waals surface area (Å²) in [6.07, 6.45) is 1.83. The summed E-state index contributed by atoms with van der Waals surface area (Å²) in [6.45, 7) is 2.89. The molecule has 1 amide bonds. The van der Waals surface area contributed by atoms with Crippen molar-refractivity contribution in [3.8, 4) is 0 Å². The van der Waals surface area contributed by atoms with E-state index in [0.29, 0.717) is 6.04 Å². The van der Waals surface area contributed by atoms with Crippen molar-refractivity contribution in [2.24, 2.45) is 0 Å². The monoisotopic (exact) mass is 250 g/mol. The number of nitrogens with zero attached hydrogens (tertiary/aromatic N) is 1. The number of rotatable bonds is 1. The third-order valence-corrected chi connectivity index (χ3v) is 3.99. The van der Waals surface area contributed by atoms with Crippen LogP contribution in [0.15, 0.2) is 18.2 Å². The average molecular weight is 251 g/mol. The number of fused-ring (bicyclic) bond motifs is 3. The van der Waals surface area contributed by atoms with Crippen molar-refractivity contribution < 1.29 is 4.79 Å². The Morgan fingerprint density at radius 2 is 2.35 bits per heavy atom. The van der Waals surface area contributed by atoms with Gasteiger partial charge in [0.15, 0.2) is 0 Å². The van der Waals surface area contributed by atoms with E-state index in [1.165, 1.54) is 5.56 Å². The molecule has 0 radical (unpaired) electrons. The molecule has 0 unspecified atom stereocenters. The van der Waals surface area contributed by atoms with Crippen LogP contribution in [0.1, 0.15) is 18.9 Å². The number of benzene rings is 1. The highest BCUT2D eigenvalue weighted by Crippen LogP contribution is 2.37. The van der Waals surface area contributed by atoms with Crippen molar-refractivity contribution in [3.63, 3.8) is 0 Å². The van der Waals surface area contributed by atoms with Gasteiger partial charge in [0.1, 0.15) is 6.04 Å². The average Bonchev–Trinajstić information content (AvgIpc) is 2.70. The Balaban J connectivity index is 2.06. The first-order chi connectivity index (χ1) is 8.20. The number of hydrogen-bond donors (Lipinski definition) is 1. The van der Waals surface area contributed by atoms with E-state index in [2.05, 4.69) is 17.1 Å². The fourth-order valence-corrected chi connectivity index (χ4v) is 3.04. The highest BCUT2D eigenvalue weighted by molar-refractivity contribution is 6.31. The predicted octanol–water partition coefficient (Wildman–Crippen LogP) is 1.98. The fourth-order valence-electron chi connectivity index (χ4n) is 2.87. The molecule has 2 heterocycles. The minimum absolute atomic E-state index is 0.0397. The highest BCUT2D eigenvalue weighted by Gasteiger charge is 2.41. The first-order valence-electron chi connectivity index (χ1n) is 6.05. The van der Waals surface area contributed by atoms with Crippen molar-refractivity contribution in [3.05, 3.63) is 28.8 Å². The number of carbonyl (C=O) groups is 1. The topological polar surface area (TPSA) is 32.3 Å². The second-order valence-electron chi connectivity index (χ2n) is 4.71. The van der Waals surface area contributed by atoms with E-state index in [9.17, 15) is 4.79 Å². The maximum Gasteiger partial charge on any atom is 0.243 e. The van der Waals surface area contributed by atoms with Crippen LogP contribution in [0.4, 0.5) is 5.69 Å². The van der Waals surface area contributed by atoms with Crippen LogP contribution in [0.3, 0.4) is 0 Å². The summed E-state index contributed by atoms with van der Waals surface area (Å²) < 4.78 is 0. The molecule has 17 heavy (non-hydrogen) atoms. The van der Waals surface area contributed by atoms with Crippen LogP contribution in [-0.4, -0.2) is 24.5 Å². The zero-order valence-corrected chi connectivity index (χ0v) is 10.5. The SMILES string of the molecule is CC[C@@H]1CNC(=O)[C@H]2Cc3ccc(Cl)cc3N12. The van der Waals surface area contributed by atoms with Gasteiger partial charge in [-0.2, -0.15) is 0 Å². The lowest BCUT2D eigenvalue weighted by molar-refractivity contribution is -0.123. The minimum atomic E-state index is -0.0397. The van der Waals surface area contributed by atoms with Gasteiger partial charge in [0.25, 0.3) is 0 Å². The second kappa shape index (κ2) is 3.91. The van der Waals surface area contributed by atoms with Gasteiger partial charge < -0.3 is 10.2 Å². The van der Waals surface area contributed by atoms with Crippen LogP contribution in [0.2, 0.25) is 5.02 Å². The number of halogens is 1. The smallest absolute Gasteiger partial charge is 0.243 e. The molecular weight excluding hydrogens is 236 g/mol. The van der Waals surface area contributed by atoms with Gasteiger partial charge in [0.05, 0.1) is 0 Å². The van der Waals surface area contributed by atoms with E-state index < -0.39 is 0 Å². The molecule has 1 N–H and O–H groups in total. The third-order valence-electron chi connectivity index (χ3n) is 3.75. The van der Waals surface area contributed by atoms with Gasteiger partial charge in [-0.1, -0.05) is 24.6 Å². The van der Waals surface area contributed by atoms with Gasteiger partial charge in [-0.05, 0) is 24.1 Å². The van der Waals surface area contributed by atoms with Crippen LogP contribution in [0, 0.1) is 0 Å². The largest absolute Gasteiger partial charge is 0.354 e. The molecule has 1 fully saturated rings. The summed E-state index contributed by atoms with van der Waals surface area (Å²) in [5.74, 6) is 0.141. The van der Waals surface area contributed by atoms with Crippen molar-refractivity contribution in [2.75, 3.05) is 11.4 Å². The quantitative estimate of drug-likeness (QED) is 0.827. The molecule has 4 heteroatoms. The molecule has 2 atom stereocenters. The lowest BCUT2D eigenvalue weighted by Crippen LogP contribution is -2.59. The summed E-state index contributed by atoms with van der Waals surface area (Å²) in [5.41, 5.74) is 2.37. The second-order valence-corrected chi connectivity index (χ2v) is 5.14. The van der Waals surface area contributed by atoms with Crippen LogP contribution >= 0.6 is 11.6 Å². The molecule has 0 aliphatic carbocycles. The number of amides is 1. The first kappa shape index (κ1) is 10.9. The van der Waals surface area contributed by atoms with E-state index in [1.807, 2.05) is 18.2 Å². The maximum atomic E-state index is 11.9. The standard InChI is InChI=1S/C13H15ClN2O/c1-2-10-7-15-13(17)12-5-8-3-4-9(14)6-11(8)16(10)12/h3-4,6,10,12H,2,5,7H2,1H3,(H,15,17)/t10-,12-/m1/s1. The van der Waals surface area contributed by atoms with Gasteiger partial charge in [0, 0.05) is 29.7 Å². The lowest BCUT2D eigenvalue weighted by Gasteiger charge is -2.39. The summed E-state index contributed by atoms with van der Waals surface area (Å²) in [4.78, 5) is 14.2. The number of nitrogens with one attached hydrogen (secondary N) is 1. The van der Waals surface area contributed by atoms with Crippen LogP contribution in [-0.2, 0) is 11.2 Å². The Labute approximate surface area is 106 Å². The van der Waals surface area contributed by atoms with Crippen molar-refractivity contribution in [1.82, 2.24) is 5.32 Å². The van der Waals surface area contributed by atoms with E-state index in [-0.39, 0.29) is 11.9 Å². The Morgan fingerprint density at radius 1 is 1.53 bits per heavy atom. The van der Waals surface area contributed by atoms with E-state index in [4.69, 9.17) is 11.6 Å². The molecule has 1 aromatic rings. The lowest BCUT2D eigenvalue weighted by atomic mass is 10.1. The Bertz CT molecular complexity index is 474. The molecule has 0 aromatic heterocycles. The minimum Gasteiger partial charge on any atom is -0.354 e. The van der Waals surface area contributed by atoms with Crippen LogP contribution in [0.5, 0.6) is 0 Å². The highest BCUT2D eigenvalue weighted by atomic mass is 35.5. The Morgan fingerprint density at radius 3 is 3.12 bits per heavy atom. The maximum absolute atomic E-state index is 11.9. The number of anilines is 1. The Hall–Kier alpha value is -1.22.